The molecule has 2 aliphatic carbocycles. The highest BCUT2D eigenvalue weighted by molar-refractivity contribution is 6.00. The molecule has 4 aliphatic rings. The van der Waals surface area contributed by atoms with Crippen molar-refractivity contribution < 1.29 is 28.8 Å². The molecule has 6 atom stereocenters. The van der Waals surface area contributed by atoms with E-state index >= 15 is 0 Å². The van der Waals surface area contributed by atoms with E-state index in [1.807, 2.05) is 30.3 Å². The summed E-state index contributed by atoms with van der Waals surface area (Å²) in [6, 6.07) is 16.1. The standard InChI is InChI=1S/C32H36N6O6/c33-27(39)22-13-37(14-23(22)28(34)40)31(43)18-6-8-19(9-7-18)32(44)38-15-24(29(41)35-20-10-11-20)25(16-38)30(42)36-26-12-21(26)17-4-2-1-3-5-17/h1-9,20-26H,10-16H2,(H2,33,39)(H2,34,40)(H,35,41)(H,36,42)/t21-,22-,23-,24-,25-,26+/m0/s1. The second-order valence-electron chi connectivity index (χ2n) is 12.4. The van der Waals surface area contributed by atoms with Gasteiger partial charge in [0, 0.05) is 55.3 Å². The van der Waals surface area contributed by atoms with Gasteiger partial charge >= 0.3 is 0 Å². The molecule has 0 spiro atoms. The third kappa shape index (κ3) is 6.01. The quantitative estimate of drug-likeness (QED) is 0.313. The lowest BCUT2D eigenvalue weighted by Gasteiger charge is -2.18. The molecule has 0 bridgehead atoms. The van der Waals surface area contributed by atoms with Gasteiger partial charge in [-0.3, -0.25) is 28.8 Å². The predicted molar refractivity (Wildman–Crippen MR) is 157 cm³/mol. The molecular formula is C32H36N6O6. The van der Waals surface area contributed by atoms with Gasteiger partial charge in [0.1, 0.15) is 0 Å². The summed E-state index contributed by atoms with van der Waals surface area (Å²) in [4.78, 5) is 79.6. The second-order valence-corrected chi connectivity index (χ2v) is 12.4. The molecule has 6 amide bonds. The van der Waals surface area contributed by atoms with Crippen LogP contribution < -0.4 is 22.1 Å². The van der Waals surface area contributed by atoms with Gasteiger partial charge in [0.25, 0.3) is 11.8 Å². The second kappa shape index (κ2) is 11.7. The Kier molecular flexibility index (Phi) is 7.83. The molecular weight excluding hydrogens is 564 g/mol. The fraction of sp³-hybridized carbons (Fsp3) is 0.438. The molecule has 0 radical (unpaired) electrons. The van der Waals surface area contributed by atoms with Crippen molar-refractivity contribution in [2.75, 3.05) is 26.2 Å². The lowest BCUT2D eigenvalue weighted by Crippen LogP contribution is -2.43. The van der Waals surface area contributed by atoms with Crippen LogP contribution in [0, 0.1) is 23.7 Å². The van der Waals surface area contributed by atoms with Crippen LogP contribution >= 0.6 is 0 Å². The van der Waals surface area contributed by atoms with Gasteiger partial charge in [0.15, 0.2) is 0 Å². The number of nitrogens with one attached hydrogen (secondary N) is 2. The van der Waals surface area contributed by atoms with E-state index in [0.717, 1.165) is 24.8 Å². The number of benzene rings is 2. The van der Waals surface area contributed by atoms with E-state index in [9.17, 15) is 28.8 Å². The minimum Gasteiger partial charge on any atom is -0.369 e. The Bertz CT molecular complexity index is 1470. The fourth-order valence-electron chi connectivity index (χ4n) is 6.42. The Hall–Kier alpha value is -4.74. The van der Waals surface area contributed by atoms with Crippen LogP contribution in [0.1, 0.15) is 51.5 Å². The summed E-state index contributed by atoms with van der Waals surface area (Å²) in [6.07, 6.45) is 2.65. The third-order valence-corrected chi connectivity index (χ3v) is 9.27. The maximum absolute atomic E-state index is 13.5. The molecule has 2 saturated carbocycles. The van der Waals surface area contributed by atoms with Crippen molar-refractivity contribution in [1.82, 2.24) is 20.4 Å². The van der Waals surface area contributed by atoms with Gasteiger partial charge in [-0.15, -0.1) is 0 Å². The Morgan fingerprint density at radius 3 is 1.52 bits per heavy atom. The van der Waals surface area contributed by atoms with Crippen LogP contribution in [0.2, 0.25) is 0 Å². The number of likely N-dealkylation sites (tertiary alicyclic amines) is 2. The highest BCUT2D eigenvalue weighted by Crippen LogP contribution is 2.41. The molecule has 2 heterocycles. The van der Waals surface area contributed by atoms with Crippen molar-refractivity contribution in [3.05, 3.63) is 71.3 Å². The van der Waals surface area contributed by atoms with Gasteiger partial charge in [-0.25, -0.2) is 0 Å². The molecule has 12 heteroatoms. The number of hydrogen-bond donors (Lipinski definition) is 4. The van der Waals surface area contributed by atoms with Crippen LogP contribution in [0.25, 0.3) is 0 Å². The molecule has 2 aromatic carbocycles. The average molecular weight is 601 g/mol. The van der Waals surface area contributed by atoms with Crippen molar-refractivity contribution >= 4 is 35.4 Å². The number of hydrogen-bond acceptors (Lipinski definition) is 6. The summed E-state index contributed by atoms with van der Waals surface area (Å²) in [5.74, 6) is -5.41. The van der Waals surface area contributed by atoms with Crippen molar-refractivity contribution in [2.45, 2.75) is 37.3 Å². The number of carbonyl (C=O) groups excluding carboxylic acids is 6. The Balaban J connectivity index is 1.11. The molecule has 6 rings (SSSR count). The van der Waals surface area contributed by atoms with Gasteiger partial charge < -0.3 is 31.9 Å². The van der Waals surface area contributed by atoms with Crippen LogP contribution in [0.3, 0.4) is 0 Å². The smallest absolute Gasteiger partial charge is 0.253 e. The lowest BCUT2D eigenvalue weighted by molar-refractivity contribution is -0.133. The number of primary amides is 2. The summed E-state index contributed by atoms with van der Waals surface area (Å²) in [5.41, 5.74) is 12.5. The van der Waals surface area contributed by atoms with Gasteiger partial charge in [0.2, 0.25) is 23.6 Å². The van der Waals surface area contributed by atoms with E-state index in [1.165, 1.54) is 34.1 Å². The SMILES string of the molecule is NC(=O)[C@H]1CN(C(=O)c2ccc(C(=O)N3C[C@H](C(=O)NC4CC4)[C@@H](C(=O)N[C@@H]4C[C@H]4c4ccccc4)C3)cc2)C[C@@H]1C(N)=O. The minimum atomic E-state index is -0.855. The molecule has 0 unspecified atom stereocenters. The van der Waals surface area contributed by atoms with E-state index < -0.39 is 41.4 Å². The topological polar surface area (TPSA) is 185 Å². The lowest BCUT2D eigenvalue weighted by atomic mass is 9.94. The number of nitrogens with zero attached hydrogens (tertiary/aromatic N) is 2. The van der Waals surface area contributed by atoms with Gasteiger partial charge in [-0.2, -0.15) is 0 Å². The van der Waals surface area contributed by atoms with Crippen LogP contribution in [-0.4, -0.2) is 83.5 Å². The Morgan fingerprint density at radius 1 is 0.614 bits per heavy atom. The largest absolute Gasteiger partial charge is 0.369 e. The van der Waals surface area contributed by atoms with Crippen molar-refractivity contribution in [2.24, 2.45) is 35.1 Å². The maximum Gasteiger partial charge on any atom is 0.253 e. The molecule has 0 aromatic heterocycles. The van der Waals surface area contributed by atoms with Crippen LogP contribution in [0.4, 0.5) is 0 Å². The normalized spacial score (nSPS) is 27.5. The minimum absolute atomic E-state index is 0.000938. The number of amides is 6. The summed E-state index contributed by atoms with van der Waals surface area (Å²) in [6.45, 7) is 0.182. The molecule has 12 nitrogen and oxygen atoms in total. The zero-order chi connectivity index (χ0) is 31.1. The number of nitrogens with two attached hydrogens (primary N) is 2. The van der Waals surface area contributed by atoms with E-state index in [2.05, 4.69) is 10.6 Å². The zero-order valence-electron chi connectivity index (χ0n) is 24.2. The Labute approximate surface area is 254 Å². The Morgan fingerprint density at radius 2 is 1.07 bits per heavy atom. The van der Waals surface area contributed by atoms with Crippen LogP contribution in [0.15, 0.2) is 54.6 Å². The van der Waals surface area contributed by atoms with Gasteiger partial charge in [-0.05, 0) is 49.1 Å². The third-order valence-electron chi connectivity index (χ3n) is 9.27. The first kappa shape index (κ1) is 29.3. The molecule has 4 fully saturated rings. The average Bonchev–Trinajstić information content (AvgIpc) is 3.89. The zero-order valence-corrected chi connectivity index (χ0v) is 24.2. The summed E-state index contributed by atoms with van der Waals surface area (Å²) < 4.78 is 0. The molecule has 230 valence electrons. The summed E-state index contributed by atoms with van der Waals surface area (Å²) in [7, 11) is 0. The summed E-state index contributed by atoms with van der Waals surface area (Å²) in [5, 5.41) is 6.10. The van der Waals surface area contributed by atoms with Crippen molar-refractivity contribution in [3.8, 4) is 0 Å². The molecule has 6 N–H and O–H groups in total. The van der Waals surface area contributed by atoms with Crippen LogP contribution in [0.5, 0.6) is 0 Å². The molecule has 2 aliphatic heterocycles. The maximum atomic E-state index is 13.5. The van der Waals surface area contributed by atoms with Crippen LogP contribution in [-0.2, 0) is 19.2 Å². The van der Waals surface area contributed by atoms with Crippen molar-refractivity contribution in [1.29, 1.82) is 0 Å². The first-order valence-electron chi connectivity index (χ1n) is 15.0. The highest BCUT2D eigenvalue weighted by Gasteiger charge is 2.47. The molecule has 2 aromatic rings. The summed E-state index contributed by atoms with van der Waals surface area (Å²) >= 11 is 0. The first-order chi connectivity index (χ1) is 21.1. The van der Waals surface area contributed by atoms with E-state index in [1.54, 1.807) is 0 Å². The van der Waals surface area contributed by atoms with Gasteiger partial charge in [-0.1, -0.05) is 30.3 Å². The van der Waals surface area contributed by atoms with E-state index in [0.29, 0.717) is 5.56 Å². The number of rotatable bonds is 9. The monoisotopic (exact) mass is 600 g/mol. The first-order valence-corrected chi connectivity index (χ1v) is 15.0. The molecule has 2 saturated heterocycles. The van der Waals surface area contributed by atoms with Crippen molar-refractivity contribution in [3.63, 3.8) is 0 Å². The predicted octanol–water partition coefficient (Wildman–Crippen LogP) is -0.0155. The fourth-order valence-corrected chi connectivity index (χ4v) is 6.42. The molecule has 44 heavy (non-hydrogen) atoms. The van der Waals surface area contributed by atoms with Gasteiger partial charge in [0.05, 0.1) is 23.7 Å². The number of carbonyl (C=O) groups is 6. The van der Waals surface area contributed by atoms with E-state index in [4.69, 9.17) is 11.5 Å². The van der Waals surface area contributed by atoms with E-state index in [-0.39, 0.29) is 67.5 Å². The highest BCUT2D eigenvalue weighted by atomic mass is 16.2.